The zero-order valence-electron chi connectivity index (χ0n) is 43.3. The predicted molar refractivity (Wildman–Crippen MR) is 293 cm³/mol. The van der Waals surface area contributed by atoms with E-state index < -0.39 is 13.9 Å². The van der Waals surface area contributed by atoms with E-state index in [4.69, 9.17) is 18.9 Å². The minimum Gasteiger partial charge on any atom is -0.490 e. The zero-order chi connectivity index (χ0) is 48.0. The number of hydrogen-bond acceptors (Lipinski definition) is 5. The molecule has 4 aromatic carbocycles. The molecule has 0 heterocycles. The van der Waals surface area contributed by atoms with Gasteiger partial charge in [0.25, 0.3) is 0 Å². The first-order chi connectivity index (χ1) is 33.6. The van der Waals surface area contributed by atoms with Crippen LogP contribution in [-0.4, -0.2) is 25.8 Å². The number of carbonyl (C=O) groups excluding carboxylic acids is 1. The average Bonchev–Trinajstić information content (AvgIpc) is 3.37. The smallest absolute Gasteiger partial charge is 0.338 e. The van der Waals surface area contributed by atoms with E-state index in [1.165, 1.54) is 170 Å². The molecule has 6 heteroatoms. The van der Waals surface area contributed by atoms with Crippen LogP contribution in [0.3, 0.4) is 0 Å². The third-order valence-corrected chi connectivity index (χ3v) is 15.5. The summed E-state index contributed by atoms with van der Waals surface area (Å²) in [5.41, 5.74) is 1.38. The second kappa shape index (κ2) is 38.0. The van der Waals surface area contributed by atoms with E-state index >= 15 is 0 Å². The van der Waals surface area contributed by atoms with Crippen molar-refractivity contribution in [1.82, 2.24) is 0 Å². The van der Waals surface area contributed by atoms with Crippen LogP contribution in [0.5, 0.6) is 17.2 Å². The lowest BCUT2D eigenvalue weighted by Gasteiger charge is -2.20. The molecular formula is C62H93O5P. The van der Waals surface area contributed by atoms with Crippen molar-refractivity contribution in [2.45, 2.75) is 220 Å². The van der Waals surface area contributed by atoms with Crippen LogP contribution in [0, 0.1) is 0 Å². The molecule has 376 valence electrons. The van der Waals surface area contributed by atoms with Crippen molar-refractivity contribution in [2.24, 2.45) is 0 Å². The maximum atomic E-state index is 14.0. The van der Waals surface area contributed by atoms with Crippen LogP contribution in [0.4, 0.5) is 0 Å². The summed E-state index contributed by atoms with van der Waals surface area (Å²) < 4.78 is 25.8. The molecule has 0 unspecified atom stereocenters. The third-order valence-electron chi connectivity index (χ3n) is 13.1. The standard InChI is InChI=1S/C62H93O5P/c1-4-7-10-13-16-19-22-25-28-37-48-64-59-51-55(62(63)67-53-54-44-46-58(47-45-54)68(56-40-33-31-34-41-56)57-42-35-32-36-43-57)52-60(65-49-38-29-26-23-20-17-14-11-8-5-2)61(59)66-50-39-30-27-24-21-18-15-12-9-6-3/h31-36,40-47,51-52H,4-30,37-39,48-50,53H2,1-3H3. The van der Waals surface area contributed by atoms with Gasteiger partial charge in [0.1, 0.15) is 6.61 Å². The summed E-state index contributed by atoms with van der Waals surface area (Å²) in [6.07, 6.45) is 38.0. The maximum Gasteiger partial charge on any atom is 0.338 e. The van der Waals surface area contributed by atoms with Gasteiger partial charge in [-0.25, -0.2) is 4.79 Å². The molecule has 68 heavy (non-hydrogen) atoms. The predicted octanol–water partition coefficient (Wildman–Crippen LogP) is 17.7. The van der Waals surface area contributed by atoms with Gasteiger partial charge < -0.3 is 18.9 Å². The fourth-order valence-corrected chi connectivity index (χ4v) is 11.2. The van der Waals surface area contributed by atoms with Gasteiger partial charge in [-0.05, 0) is 60.8 Å². The van der Waals surface area contributed by atoms with Gasteiger partial charge >= 0.3 is 5.97 Å². The van der Waals surface area contributed by atoms with E-state index in [2.05, 4.69) is 106 Å². The highest BCUT2D eigenvalue weighted by molar-refractivity contribution is 7.79. The number of rotatable bonds is 42. The molecule has 4 rings (SSSR count). The Bertz CT molecular complexity index is 1730. The Labute approximate surface area is 417 Å². The summed E-state index contributed by atoms with van der Waals surface area (Å²) in [7, 11) is -0.715. The number of benzene rings is 4. The molecule has 0 aliphatic rings. The van der Waals surface area contributed by atoms with Crippen molar-refractivity contribution in [3.8, 4) is 17.2 Å². The minimum absolute atomic E-state index is 0.175. The molecular weight excluding hydrogens is 856 g/mol. The van der Waals surface area contributed by atoms with Gasteiger partial charge in [0.15, 0.2) is 11.5 Å². The molecule has 5 nitrogen and oxygen atoms in total. The van der Waals surface area contributed by atoms with Gasteiger partial charge in [-0.1, -0.05) is 279 Å². The fourth-order valence-electron chi connectivity index (χ4n) is 8.93. The Balaban J connectivity index is 1.43. The van der Waals surface area contributed by atoms with Crippen LogP contribution in [0.1, 0.15) is 229 Å². The lowest BCUT2D eigenvalue weighted by Crippen LogP contribution is -2.20. The van der Waals surface area contributed by atoms with E-state index in [9.17, 15) is 4.79 Å². The Morgan fingerprint density at radius 3 is 1.07 bits per heavy atom. The van der Waals surface area contributed by atoms with Gasteiger partial charge in [-0.15, -0.1) is 0 Å². The second-order valence-electron chi connectivity index (χ2n) is 19.1. The van der Waals surface area contributed by atoms with Gasteiger partial charge in [-0.2, -0.15) is 0 Å². The summed E-state index contributed by atoms with van der Waals surface area (Å²) >= 11 is 0. The normalized spacial score (nSPS) is 11.3. The fraction of sp³-hybridized carbons (Fsp3) is 0.597. The minimum atomic E-state index is -0.715. The summed E-state index contributed by atoms with van der Waals surface area (Å²) in [6, 6.07) is 33.7. The molecule has 0 amide bonds. The van der Waals surface area contributed by atoms with Crippen LogP contribution in [-0.2, 0) is 11.3 Å². The number of esters is 1. The monoisotopic (exact) mass is 949 g/mol. The van der Waals surface area contributed by atoms with Crippen LogP contribution < -0.4 is 30.1 Å². The molecule has 0 saturated heterocycles. The summed E-state index contributed by atoms with van der Waals surface area (Å²) in [5.74, 6) is 1.40. The van der Waals surface area contributed by atoms with E-state index in [-0.39, 0.29) is 6.61 Å². The van der Waals surface area contributed by atoms with Crippen LogP contribution in [0.25, 0.3) is 0 Å². The van der Waals surface area contributed by atoms with E-state index in [1.807, 2.05) is 12.1 Å². The van der Waals surface area contributed by atoms with Crippen LogP contribution in [0.2, 0.25) is 0 Å². The quantitative estimate of drug-likeness (QED) is 0.0252. The summed E-state index contributed by atoms with van der Waals surface area (Å²) in [6.45, 7) is 8.75. The van der Waals surface area contributed by atoms with E-state index in [0.29, 0.717) is 42.6 Å². The van der Waals surface area contributed by atoms with Gasteiger partial charge in [0.2, 0.25) is 5.75 Å². The molecule has 0 aliphatic carbocycles. The molecule has 0 fully saturated rings. The average molecular weight is 949 g/mol. The first-order valence-corrected chi connectivity index (χ1v) is 29.2. The largest absolute Gasteiger partial charge is 0.490 e. The number of ether oxygens (including phenoxy) is 4. The lowest BCUT2D eigenvalue weighted by atomic mass is 10.1. The first-order valence-electron chi connectivity index (χ1n) is 27.9. The Morgan fingerprint density at radius 2 is 0.706 bits per heavy atom. The SMILES string of the molecule is CCCCCCCCCCCCOc1cc(C(=O)OCc2ccc(P(c3ccccc3)c3ccccc3)cc2)cc(OCCCCCCCCCCCC)c1OCCCCCCCCCCCC. The van der Waals surface area contributed by atoms with Crippen molar-refractivity contribution in [2.75, 3.05) is 19.8 Å². The van der Waals surface area contributed by atoms with E-state index in [1.54, 1.807) is 0 Å². The zero-order valence-corrected chi connectivity index (χ0v) is 44.2. The van der Waals surface area contributed by atoms with E-state index in [0.717, 1.165) is 44.1 Å². The van der Waals surface area contributed by atoms with Crippen molar-refractivity contribution >= 4 is 29.8 Å². The highest BCUT2D eigenvalue weighted by Gasteiger charge is 2.21. The molecule has 0 aliphatic heterocycles. The molecule has 0 spiro atoms. The van der Waals surface area contributed by atoms with Gasteiger partial charge in [0.05, 0.1) is 25.4 Å². The molecule has 0 aromatic heterocycles. The molecule has 0 N–H and O–H groups in total. The van der Waals surface area contributed by atoms with Gasteiger partial charge in [-0.3, -0.25) is 0 Å². The highest BCUT2D eigenvalue weighted by Crippen LogP contribution is 2.40. The topological polar surface area (TPSA) is 54.0 Å². The van der Waals surface area contributed by atoms with Crippen LogP contribution >= 0.6 is 7.92 Å². The van der Waals surface area contributed by atoms with Crippen molar-refractivity contribution in [1.29, 1.82) is 0 Å². The molecule has 0 radical (unpaired) electrons. The third kappa shape index (κ3) is 24.1. The van der Waals surface area contributed by atoms with Crippen LogP contribution in [0.15, 0.2) is 97.1 Å². The lowest BCUT2D eigenvalue weighted by molar-refractivity contribution is 0.0471. The van der Waals surface area contributed by atoms with Crippen molar-refractivity contribution in [3.05, 3.63) is 108 Å². The Hall–Kier alpha value is -3.82. The first kappa shape index (κ1) is 56.8. The summed E-state index contributed by atoms with van der Waals surface area (Å²) in [4.78, 5) is 14.0. The van der Waals surface area contributed by atoms with Gasteiger partial charge in [0, 0.05) is 0 Å². The number of carbonyl (C=O) groups is 1. The molecule has 4 aromatic rings. The number of hydrogen-bond donors (Lipinski definition) is 0. The maximum absolute atomic E-state index is 14.0. The Morgan fingerprint density at radius 1 is 0.382 bits per heavy atom. The van der Waals surface area contributed by atoms with Crippen molar-refractivity contribution in [3.63, 3.8) is 0 Å². The van der Waals surface area contributed by atoms with Crippen molar-refractivity contribution < 1.29 is 23.7 Å². The Kier molecular flexibility index (Phi) is 31.7. The molecule has 0 saturated carbocycles. The number of unbranched alkanes of at least 4 members (excludes halogenated alkanes) is 27. The summed E-state index contributed by atoms with van der Waals surface area (Å²) in [5, 5.41) is 3.87. The highest BCUT2D eigenvalue weighted by atomic mass is 31.1. The second-order valence-corrected chi connectivity index (χ2v) is 21.4. The molecule has 0 atom stereocenters. The molecule has 0 bridgehead atoms.